The van der Waals surface area contributed by atoms with Gasteiger partial charge in [-0.05, 0) is 29.2 Å². The summed E-state index contributed by atoms with van der Waals surface area (Å²) in [6.07, 6.45) is -5.02. The number of nitrogens with zero attached hydrogens (tertiary/aromatic N) is 3. The van der Waals surface area contributed by atoms with Gasteiger partial charge in [0.2, 0.25) is 0 Å². The molecule has 44 heavy (non-hydrogen) atoms. The summed E-state index contributed by atoms with van der Waals surface area (Å²) in [7, 11) is 3.17. The van der Waals surface area contributed by atoms with Crippen molar-refractivity contribution in [3.8, 4) is 28.4 Å². The molecule has 2 heterocycles. The first-order valence-electron chi connectivity index (χ1n) is 14.3. The zero-order chi connectivity index (χ0) is 31.2. The summed E-state index contributed by atoms with van der Waals surface area (Å²) in [5.74, 6) is 1.78. The third-order valence-corrected chi connectivity index (χ3v) is 7.80. The van der Waals surface area contributed by atoms with Crippen molar-refractivity contribution in [2.75, 3.05) is 20.8 Å². The first kappa shape index (κ1) is 31.4. The van der Waals surface area contributed by atoms with Crippen molar-refractivity contribution in [1.29, 1.82) is 0 Å². The lowest BCUT2D eigenvalue weighted by Gasteiger charge is -2.39. The molecule has 1 saturated heterocycles. The monoisotopic (exact) mass is 606 g/mol. The van der Waals surface area contributed by atoms with Crippen LogP contribution in [0.1, 0.15) is 28.6 Å². The number of aliphatic hydroxyl groups excluding tert-OH is 4. The van der Waals surface area contributed by atoms with Gasteiger partial charge in [-0.25, -0.2) is 4.68 Å². The van der Waals surface area contributed by atoms with E-state index in [9.17, 15) is 20.4 Å². The fourth-order valence-corrected chi connectivity index (χ4v) is 5.28. The van der Waals surface area contributed by atoms with Gasteiger partial charge in [0, 0.05) is 25.2 Å². The molecule has 0 aliphatic carbocycles. The van der Waals surface area contributed by atoms with Gasteiger partial charge >= 0.3 is 0 Å². The SMILES string of the molecule is COc1cc(OCc2cccc(-c3ccccc3)c2C)cc(OC)c1CNCc1cn([C@@H]2O[C@H](CO)[C@H](O)[C@H](O)[C@H]2O)nn1. The highest BCUT2D eigenvalue weighted by molar-refractivity contribution is 5.68. The van der Waals surface area contributed by atoms with Gasteiger partial charge in [0.1, 0.15) is 48.3 Å². The quantitative estimate of drug-likeness (QED) is 0.161. The van der Waals surface area contributed by atoms with Gasteiger partial charge in [0.25, 0.3) is 0 Å². The number of ether oxygens (including phenoxy) is 4. The fraction of sp³-hybridized carbons (Fsp3) is 0.375. The maximum atomic E-state index is 10.4. The van der Waals surface area contributed by atoms with Crippen LogP contribution in [-0.4, -0.2) is 80.7 Å². The lowest BCUT2D eigenvalue weighted by Crippen LogP contribution is -2.56. The van der Waals surface area contributed by atoms with Crippen molar-refractivity contribution in [2.24, 2.45) is 0 Å². The molecule has 0 bridgehead atoms. The Kier molecular flexibility index (Phi) is 10.1. The largest absolute Gasteiger partial charge is 0.496 e. The number of benzene rings is 3. The maximum Gasteiger partial charge on any atom is 0.180 e. The standard InChI is InChI=1S/C32H38N4O8/c1-19-21(10-7-11-24(19)20-8-5-4-6-9-20)18-43-23-12-26(41-2)25(27(13-23)42-3)15-33-14-22-16-36(35-34-22)32-31(40)30(39)29(38)28(17-37)44-32/h4-13,16,28-33,37-40H,14-15,17-18H2,1-3H3/t28-,29+,30+,31-,32-/m1/s1. The van der Waals surface area contributed by atoms with E-state index in [-0.39, 0.29) is 0 Å². The molecule has 234 valence electrons. The topological polar surface area (TPSA) is 161 Å². The van der Waals surface area contributed by atoms with Gasteiger partial charge in [-0.3, -0.25) is 0 Å². The van der Waals surface area contributed by atoms with Gasteiger partial charge in [-0.2, -0.15) is 0 Å². The van der Waals surface area contributed by atoms with E-state index in [4.69, 9.17) is 18.9 Å². The number of hydrogen-bond donors (Lipinski definition) is 5. The predicted octanol–water partition coefficient (Wildman–Crippen LogP) is 2.11. The molecule has 1 aliphatic heterocycles. The lowest BCUT2D eigenvalue weighted by molar-refractivity contribution is -0.254. The van der Waals surface area contributed by atoms with E-state index in [2.05, 4.69) is 46.8 Å². The number of aromatic nitrogens is 3. The van der Waals surface area contributed by atoms with Crippen LogP contribution in [0, 0.1) is 6.92 Å². The van der Waals surface area contributed by atoms with Crippen LogP contribution in [0.5, 0.6) is 17.2 Å². The molecule has 5 N–H and O–H groups in total. The van der Waals surface area contributed by atoms with Gasteiger partial charge in [0.15, 0.2) is 6.23 Å². The highest BCUT2D eigenvalue weighted by Gasteiger charge is 2.44. The smallest absolute Gasteiger partial charge is 0.180 e. The highest BCUT2D eigenvalue weighted by Crippen LogP contribution is 2.35. The molecule has 5 atom stereocenters. The Morgan fingerprint density at radius 1 is 0.909 bits per heavy atom. The van der Waals surface area contributed by atoms with E-state index in [1.807, 2.05) is 36.4 Å². The van der Waals surface area contributed by atoms with Crippen molar-refractivity contribution < 1.29 is 39.4 Å². The summed E-state index contributed by atoms with van der Waals surface area (Å²) < 4.78 is 24.3. The second-order valence-corrected chi connectivity index (χ2v) is 10.6. The minimum absolute atomic E-state index is 0.305. The Balaban J connectivity index is 1.23. The Morgan fingerprint density at radius 3 is 2.32 bits per heavy atom. The van der Waals surface area contributed by atoms with Crippen LogP contribution in [0.4, 0.5) is 0 Å². The van der Waals surface area contributed by atoms with Crippen molar-refractivity contribution in [3.63, 3.8) is 0 Å². The summed E-state index contributed by atoms with van der Waals surface area (Å²) >= 11 is 0. The van der Waals surface area contributed by atoms with Crippen molar-refractivity contribution in [3.05, 3.63) is 89.2 Å². The van der Waals surface area contributed by atoms with Crippen molar-refractivity contribution >= 4 is 0 Å². The summed E-state index contributed by atoms with van der Waals surface area (Å²) in [5, 5.41) is 51.3. The second kappa shape index (κ2) is 14.2. The average molecular weight is 607 g/mol. The van der Waals surface area contributed by atoms with Crippen molar-refractivity contribution in [2.45, 2.75) is 57.3 Å². The molecule has 0 radical (unpaired) electrons. The Morgan fingerprint density at radius 2 is 1.64 bits per heavy atom. The Labute approximate surface area is 255 Å². The first-order valence-corrected chi connectivity index (χ1v) is 14.3. The Hall–Kier alpha value is -4.04. The van der Waals surface area contributed by atoms with Crippen LogP contribution in [0.3, 0.4) is 0 Å². The molecule has 1 aliphatic rings. The molecule has 1 aromatic heterocycles. The number of hydrogen-bond acceptors (Lipinski definition) is 11. The van der Waals surface area contributed by atoms with Crippen LogP contribution < -0.4 is 19.5 Å². The molecule has 12 nitrogen and oxygen atoms in total. The summed E-state index contributed by atoms with van der Waals surface area (Å²) in [5.41, 5.74) is 5.87. The van der Waals surface area contributed by atoms with Crippen LogP contribution in [0.2, 0.25) is 0 Å². The van der Waals surface area contributed by atoms with Gasteiger partial charge in [-0.1, -0.05) is 53.7 Å². The van der Waals surface area contributed by atoms with Crippen LogP contribution in [-0.2, 0) is 24.4 Å². The van der Waals surface area contributed by atoms with E-state index in [1.165, 1.54) is 4.68 Å². The van der Waals surface area contributed by atoms with E-state index < -0.39 is 37.3 Å². The molecule has 0 saturated carbocycles. The third-order valence-electron chi connectivity index (χ3n) is 7.80. The molecule has 1 fully saturated rings. The molecule has 12 heteroatoms. The molecule has 3 aromatic carbocycles. The molecule has 4 aromatic rings. The van der Waals surface area contributed by atoms with Crippen LogP contribution in [0.25, 0.3) is 11.1 Å². The first-order chi connectivity index (χ1) is 21.3. The maximum absolute atomic E-state index is 10.4. The van der Waals surface area contributed by atoms with Gasteiger partial charge in [0.05, 0.1) is 38.3 Å². The van der Waals surface area contributed by atoms with Gasteiger partial charge < -0.3 is 44.7 Å². The van der Waals surface area contributed by atoms with E-state index in [0.29, 0.717) is 42.6 Å². The number of methoxy groups -OCH3 is 2. The number of rotatable bonds is 12. The number of nitrogens with one attached hydrogen (secondary N) is 1. The second-order valence-electron chi connectivity index (χ2n) is 10.6. The van der Waals surface area contributed by atoms with Crippen molar-refractivity contribution in [1.82, 2.24) is 20.3 Å². The molecular weight excluding hydrogens is 568 g/mol. The van der Waals surface area contributed by atoms with Crippen LogP contribution in [0.15, 0.2) is 66.9 Å². The normalized spacial score (nSPS) is 21.7. The summed E-state index contributed by atoms with van der Waals surface area (Å²) in [6, 6.07) is 20.1. The highest BCUT2D eigenvalue weighted by atomic mass is 16.6. The van der Waals surface area contributed by atoms with E-state index in [0.717, 1.165) is 27.8 Å². The summed E-state index contributed by atoms with van der Waals surface area (Å²) in [4.78, 5) is 0. The molecular formula is C32H38N4O8. The number of aliphatic hydroxyl groups is 4. The Bertz CT molecular complexity index is 1500. The molecule has 0 spiro atoms. The molecule has 5 rings (SSSR count). The summed E-state index contributed by atoms with van der Waals surface area (Å²) in [6.45, 7) is 2.62. The zero-order valence-electron chi connectivity index (χ0n) is 24.8. The van der Waals surface area contributed by atoms with E-state index >= 15 is 0 Å². The molecule has 0 unspecified atom stereocenters. The fourth-order valence-electron chi connectivity index (χ4n) is 5.28. The molecule has 0 amide bonds. The lowest BCUT2D eigenvalue weighted by atomic mass is 9.97. The van der Waals surface area contributed by atoms with Gasteiger partial charge in [-0.15, -0.1) is 5.10 Å². The predicted molar refractivity (Wildman–Crippen MR) is 160 cm³/mol. The zero-order valence-corrected chi connectivity index (χ0v) is 24.8. The third kappa shape index (κ3) is 6.70. The minimum Gasteiger partial charge on any atom is -0.496 e. The van der Waals surface area contributed by atoms with E-state index in [1.54, 1.807) is 20.4 Å². The van der Waals surface area contributed by atoms with Crippen LogP contribution >= 0.6 is 0 Å². The average Bonchev–Trinajstić information content (AvgIpc) is 3.52. The minimum atomic E-state index is -1.51.